The monoisotopic (exact) mass is 404 g/mol. The van der Waals surface area contributed by atoms with Gasteiger partial charge in [0.25, 0.3) is 5.91 Å². The van der Waals surface area contributed by atoms with Gasteiger partial charge in [-0.2, -0.15) is 10.4 Å². The summed E-state index contributed by atoms with van der Waals surface area (Å²) < 4.78 is 1.16. The Morgan fingerprint density at radius 3 is 2.77 bits per heavy atom. The molecule has 1 aromatic heterocycles. The van der Waals surface area contributed by atoms with Crippen molar-refractivity contribution in [3.8, 4) is 6.07 Å². The summed E-state index contributed by atoms with van der Waals surface area (Å²) in [4.78, 5) is 35.9. The Bertz CT molecular complexity index is 1110. The van der Waals surface area contributed by atoms with E-state index in [2.05, 4.69) is 10.4 Å². The van der Waals surface area contributed by atoms with Crippen molar-refractivity contribution < 1.29 is 19.5 Å². The fraction of sp³-hybridized carbons (Fsp3) is 0.318. The molecule has 152 valence electrons. The standard InChI is InChI=1S/C22H20N4O4/c1-13-17-8-7-14-12-26(18(27)11-24-21(29)30)25-20(14)22(17,9-15(10-23)19(13)28)16-5-3-2-4-6-16/h2-6,9,12-13,17,24H,7-8,11H2,1H3,(H,29,30)/t13-,17-,22-/m1/s1. The lowest BCUT2D eigenvalue weighted by Crippen LogP contribution is -2.48. The first-order valence-corrected chi connectivity index (χ1v) is 9.70. The van der Waals surface area contributed by atoms with Crippen molar-refractivity contribution in [1.82, 2.24) is 15.1 Å². The minimum absolute atomic E-state index is 0.101. The second kappa shape index (κ2) is 7.26. The summed E-state index contributed by atoms with van der Waals surface area (Å²) in [5.74, 6) is -1.14. The molecule has 0 fully saturated rings. The summed E-state index contributed by atoms with van der Waals surface area (Å²) in [7, 11) is 0. The number of hydrogen-bond acceptors (Lipinski definition) is 5. The average Bonchev–Trinajstić information content (AvgIpc) is 3.20. The zero-order valence-electron chi connectivity index (χ0n) is 16.3. The molecule has 2 aliphatic carbocycles. The molecule has 0 saturated carbocycles. The van der Waals surface area contributed by atoms with Crippen LogP contribution in [0.15, 0.2) is 48.2 Å². The molecule has 8 heteroatoms. The molecule has 0 unspecified atom stereocenters. The third-order valence-corrected chi connectivity index (χ3v) is 6.16. The van der Waals surface area contributed by atoms with E-state index < -0.39 is 24.0 Å². The SMILES string of the molecule is C[C@H]1C(=O)C(C#N)=C[C@]2(c3ccccc3)c3nn(C(=O)CNC(=O)O)cc3CC[C@H]12. The average molecular weight is 404 g/mol. The number of benzene rings is 1. The van der Waals surface area contributed by atoms with Gasteiger partial charge >= 0.3 is 6.09 Å². The van der Waals surface area contributed by atoms with Crippen molar-refractivity contribution in [3.05, 3.63) is 65.0 Å². The van der Waals surface area contributed by atoms with Crippen LogP contribution in [0.3, 0.4) is 0 Å². The number of allylic oxidation sites excluding steroid dienone is 2. The van der Waals surface area contributed by atoms with E-state index in [0.717, 1.165) is 15.8 Å². The number of ketones is 1. The van der Waals surface area contributed by atoms with Gasteiger partial charge in [0.05, 0.1) is 16.7 Å². The molecule has 30 heavy (non-hydrogen) atoms. The Hall–Kier alpha value is -3.73. The number of hydrogen-bond donors (Lipinski definition) is 2. The van der Waals surface area contributed by atoms with E-state index in [1.807, 2.05) is 43.3 Å². The number of Topliss-reactive ketones (excluding diaryl/α,β-unsaturated/α-hetero) is 1. The smallest absolute Gasteiger partial charge is 0.405 e. The Labute approximate surface area is 172 Å². The number of nitrogens with one attached hydrogen (secondary N) is 1. The number of amides is 1. The lowest BCUT2D eigenvalue weighted by Gasteiger charge is -2.46. The lowest BCUT2D eigenvalue weighted by atomic mass is 9.54. The predicted octanol–water partition coefficient (Wildman–Crippen LogP) is 2.31. The van der Waals surface area contributed by atoms with E-state index in [-0.39, 0.29) is 23.2 Å². The number of nitrogens with zero attached hydrogens (tertiary/aromatic N) is 3. The zero-order chi connectivity index (χ0) is 21.5. The molecule has 0 bridgehead atoms. The first-order valence-electron chi connectivity index (χ1n) is 9.70. The summed E-state index contributed by atoms with van der Waals surface area (Å²) in [6.45, 7) is 1.45. The fourth-order valence-corrected chi connectivity index (χ4v) is 4.80. The quantitative estimate of drug-likeness (QED) is 0.809. The largest absolute Gasteiger partial charge is 0.465 e. The molecule has 1 heterocycles. The van der Waals surface area contributed by atoms with Gasteiger partial charge in [0.2, 0.25) is 0 Å². The molecule has 0 aliphatic heterocycles. The van der Waals surface area contributed by atoms with Gasteiger partial charge < -0.3 is 10.4 Å². The van der Waals surface area contributed by atoms with E-state index in [4.69, 9.17) is 5.11 Å². The fourth-order valence-electron chi connectivity index (χ4n) is 4.80. The number of aromatic nitrogens is 2. The molecule has 2 aromatic rings. The summed E-state index contributed by atoms with van der Waals surface area (Å²) in [5.41, 5.74) is 1.70. The first-order chi connectivity index (χ1) is 14.4. The molecule has 4 rings (SSSR count). The summed E-state index contributed by atoms with van der Waals surface area (Å²) in [6.07, 6.45) is 3.40. The first kappa shape index (κ1) is 19.6. The van der Waals surface area contributed by atoms with Gasteiger partial charge in [0.15, 0.2) is 5.78 Å². The third kappa shape index (κ3) is 2.90. The minimum Gasteiger partial charge on any atom is -0.465 e. The molecule has 1 aromatic carbocycles. The summed E-state index contributed by atoms with van der Waals surface area (Å²) >= 11 is 0. The predicted molar refractivity (Wildman–Crippen MR) is 106 cm³/mol. The zero-order valence-corrected chi connectivity index (χ0v) is 16.3. The summed E-state index contributed by atoms with van der Waals surface area (Å²) in [6, 6.07) is 11.6. The van der Waals surface area contributed by atoms with Gasteiger partial charge in [-0.1, -0.05) is 37.3 Å². The summed E-state index contributed by atoms with van der Waals surface area (Å²) in [5, 5.41) is 25.0. The Morgan fingerprint density at radius 1 is 1.37 bits per heavy atom. The van der Waals surface area contributed by atoms with E-state index in [1.54, 1.807) is 12.3 Å². The number of fused-ring (bicyclic) bond motifs is 3. The van der Waals surface area contributed by atoms with E-state index in [0.29, 0.717) is 18.5 Å². The van der Waals surface area contributed by atoms with Crippen LogP contribution < -0.4 is 5.32 Å². The van der Waals surface area contributed by atoms with Crippen molar-refractivity contribution in [2.75, 3.05) is 6.54 Å². The van der Waals surface area contributed by atoms with Gasteiger partial charge in [0.1, 0.15) is 12.6 Å². The number of aryl methyl sites for hydroxylation is 1. The van der Waals surface area contributed by atoms with Crippen molar-refractivity contribution in [2.45, 2.75) is 25.2 Å². The molecule has 0 radical (unpaired) electrons. The molecule has 0 saturated heterocycles. The number of rotatable bonds is 3. The normalized spacial score (nSPS) is 24.8. The molecule has 1 amide bonds. The van der Waals surface area contributed by atoms with E-state index in [1.165, 1.54) is 0 Å². The molecule has 8 nitrogen and oxygen atoms in total. The van der Waals surface area contributed by atoms with Gasteiger partial charge in [-0.25, -0.2) is 9.48 Å². The maximum atomic E-state index is 12.7. The van der Waals surface area contributed by atoms with Crippen LogP contribution in [0.25, 0.3) is 0 Å². The third-order valence-electron chi connectivity index (χ3n) is 6.16. The van der Waals surface area contributed by atoms with Crippen LogP contribution in [-0.4, -0.2) is 39.2 Å². The molecular weight excluding hydrogens is 384 g/mol. The topological polar surface area (TPSA) is 125 Å². The van der Waals surface area contributed by atoms with E-state index >= 15 is 0 Å². The Kier molecular flexibility index (Phi) is 4.74. The second-order valence-electron chi connectivity index (χ2n) is 7.70. The molecular formula is C22H20N4O4. The highest BCUT2D eigenvalue weighted by Gasteiger charge is 2.53. The Morgan fingerprint density at radius 2 is 2.10 bits per heavy atom. The van der Waals surface area contributed by atoms with Gasteiger partial charge in [-0.3, -0.25) is 9.59 Å². The van der Waals surface area contributed by atoms with Crippen LogP contribution in [0.2, 0.25) is 0 Å². The minimum atomic E-state index is -1.29. The van der Waals surface area contributed by atoms with Crippen LogP contribution in [0, 0.1) is 23.2 Å². The van der Waals surface area contributed by atoms with Crippen molar-refractivity contribution in [1.29, 1.82) is 5.26 Å². The maximum absolute atomic E-state index is 12.7. The van der Waals surface area contributed by atoms with Crippen LogP contribution in [0.4, 0.5) is 4.79 Å². The molecule has 0 spiro atoms. The Balaban J connectivity index is 1.91. The number of nitriles is 1. The van der Waals surface area contributed by atoms with E-state index in [9.17, 15) is 19.6 Å². The molecule has 3 atom stereocenters. The van der Waals surface area contributed by atoms with Crippen molar-refractivity contribution in [2.24, 2.45) is 11.8 Å². The highest BCUT2D eigenvalue weighted by Crippen LogP contribution is 2.53. The van der Waals surface area contributed by atoms with Crippen LogP contribution in [0.5, 0.6) is 0 Å². The second-order valence-corrected chi connectivity index (χ2v) is 7.70. The highest BCUT2D eigenvalue weighted by molar-refractivity contribution is 6.02. The molecule has 2 N–H and O–H groups in total. The number of carbonyl (C=O) groups excluding carboxylic acids is 2. The number of carbonyl (C=O) groups is 3. The highest BCUT2D eigenvalue weighted by atomic mass is 16.4. The molecule has 2 aliphatic rings. The van der Waals surface area contributed by atoms with Gasteiger partial charge in [-0.05, 0) is 36.0 Å². The van der Waals surface area contributed by atoms with Crippen LogP contribution in [0.1, 0.15) is 35.0 Å². The van der Waals surface area contributed by atoms with Crippen LogP contribution in [-0.2, 0) is 16.6 Å². The number of carboxylic acid groups (broad SMARTS) is 1. The van der Waals surface area contributed by atoms with Gasteiger partial charge in [-0.15, -0.1) is 0 Å². The van der Waals surface area contributed by atoms with Crippen molar-refractivity contribution in [3.63, 3.8) is 0 Å². The maximum Gasteiger partial charge on any atom is 0.405 e. The van der Waals surface area contributed by atoms with Gasteiger partial charge in [0, 0.05) is 12.1 Å². The van der Waals surface area contributed by atoms with Crippen molar-refractivity contribution >= 4 is 17.8 Å². The van der Waals surface area contributed by atoms with Crippen LogP contribution >= 0.6 is 0 Å². The lowest BCUT2D eigenvalue weighted by molar-refractivity contribution is -0.121.